The molecule has 27 heavy (non-hydrogen) atoms. The van der Waals surface area contributed by atoms with Gasteiger partial charge in [-0.15, -0.1) is 12.4 Å². The molecule has 1 saturated heterocycles. The molecule has 1 N–H and O–H groups in total. The minimum absolute atomic E-state index is 0. The monoisotopic (exact) mass is 408 g/mol. The lowest BCUT2D eigenvalue weighted by molar-refractivity contribution is -0.138. The predicted octanol–water partition coefficient (Wildman–Crippen LogP) is 3.55. The largest absolute Gasteiger partial charge is 0.333 e. The van der Waals surface area contributed by atoms with Crippen molar-refractivity contribution in [3.05, 3.63) is 52.8 Å². The first kappa shape index (κ1) is 20.2. The summed E-state index contributed by atoms with van der Waals surface area (Å²) in [6.07, 6.45) is 6.12. The van der Waals surface area contributed by atoms with E-state index in [1.807, 2.05) is 48.4 Å². The Labute approximate surface area is 171 Å². The van der Waals surface area contributed by atoms with Crippen LogP contribution in [0.2, 0.25) is 5.02 Å². The number of aromatic nitrogens is 2. The topological polar surface area (TPSA) is 50.2 Å². The summed E-state index contributed by atoms with van der Waals surface area (Å²) in [5.41, 5.74) is 2.28. The molecule has 1 aliphatic carbocycles. The maximum atomic E-state index is 13.5. The first-order valence-corrected chi connectivity index (χ1v) is 9.69. The van der Waals surface area contributed by atoms with E-state index >= 15 is 0 Å². The molecule has 7 heteroatoms. The van der Waals surface area contributed by atoms with E-state index in [2.05, 4.69) is 22.2 Å². The van der Waals surface area contributed by atoms with Crippen molar-refractivity contribution in [3.8, 4) is 0 Å². The molecule has 2 heterocycles. The fourth-order valence-corrected chi connectivity index (χ4v) is 4.18. The molecule has 0 bridgehead atoms. The van der Waals surface area contributed by atoms with Crippen LogP contribution in [0.25, 0.3) is 0 Å². The summed E-state index contributed by atoms with van der Waals surface area (Å²) in [7, 11) is 1.92. The second-order valence-corrected chi connectivity index (χ2v) is 7.96. The molecule has 2 aromatic rings. The summed E-state index contributed by atoms with van der Waals surface area (Å²) in [5.74, 6) is 0.415. The van der Waals surface area contributed by atoms with Crippen LogP contribution in [0.3, 0.4) is 0 Å². The van der Waals surface area contributed by atoms with Crippen LogP contribution in [0.5, 0.6) is 0 Å². The van der Waals surface area contributed by atoms with Gasteiger partial charge in [0.25, 0.3) is 0 Å². The minimum atomic E-state index is -0.0328. The molecule has 3 atom stereocenters. The summed E-state index contributed by atoms with van der Waals surface area (Å²) in [4.78, 5) is 15.6. The maximum absolute atomic E-state index is 13.5. The number of hydrogen-bond acceptors (Lipinski definition) is 3. The molecule has 2 fully saturated rings. The highest BCUT2D eigenvalue weighted by Crippen LogP contribution is 2.39. The van der Waals surface area contributed by atoms with Gasteiger partial charge in [0.1, 0.15) is 0 Å². The van der Waals surface area contributed by atoms with E-state index < -0.39 is 0 Å². The third-order valence-electron chi connectivity index (χ3n) is 5.65. The highest BCUT2D eigenvalue weighted by atomic mass is 35.5. The Morgan fingerprint density at radius 3 is 2.59 bits per heavy atom. The second-order valence-electron chi connectivity index (χ2n) is 7.52. The van der Waals surface area contributed by atoms with E-state index in [1.165, 1.54) is 0 Å². The molecule has 1 amide bonds. The molecule has 0 spiro atoms. The molecule has 1 aromatic carbocycles. The molecule has 1 aliphatic heterocycles. The van der Waals surface area contributed by atoms with Gasteiger partial charge in [0.05, 0.1) is 18.2 Å². The Balaban J connectivity index is 0.00000210. The van der Waals surface area contributed by atoms with Crippen molar-refractivity contribution in [2.45, 2.75) is 37.8 Å². The lowest BCUT2D eigenvalue weighted by Gasteiger charge is -2.33. The Bertz CT molecular complexity index is 788. The van der Waals surface area contributed by atoms with Gasteiger partial charge >= 0.3 is 0 Å². The number of aryl methyl sites for hydroxylation is 1. The molecule has 4 rings (SSSR count). The molecule has 2 aliphatic rings. The first-order chi connectivity index (χ1) is 12.5. The van der Waals surface area contributed by atoms with Crippen LogP contribution in [0.15, 0.2) is 36.7 Å². The molecule has 5 nitrogen and oxygen atoms in total. The van der Waals surface area contributed by atoms with Crippen molar-refractivity contribution in [1.82, 2.24) is 20.0 Å². The summed E-state index contributed by atoms with van der Waals surface area (Å²) in [5, 5.41) is 8.42. The van der Waals surface area contributed by atoms with Gasteiger partial charge in [0.2, 0.25) is 5.91 Å². The lowest BCUT2D eigenvalue weighted by atomic mass is 9.89. The molecular weight excluding hydrogens is 383 g/mol. The number of carbonyl (C=O) groups is 1. The van der Waals surface area contributed by atoms with Gasteiger partial charge < -0.3 is 10.2 Å². The van der Waals surface area contributed by atoms with Gasteiger partial charge in [-0.1, -0.05) is 23.7 Å². The van der Waals surface area contributed by atoms with Crippen molar-refractivity contribution in [2.24, 2.45) is 13.0 Å². The molecular formula is C20H26Cl2N4O. The number of nitrogens with one attached hydrogen (secondary N) is 1. The summed E-state index contributed by atoms with van der Waals surface area (Å²) < 4.78 is 1.81. The van der Waals surface area contributed by atoms with Gasteiger partial charge in [0.15, 0.2) is 0 Å². The lowest BCUT2D eigenvalue weighted by Crippen LogP contribution is -2.41. The molecule has 0 radical (unpaired) electrons. The zero-order chi connectivity index (χ0) is 18.3. The van der Waals surface area contributed by atoms with Crippen LogP contribution in [0.1, 0.15) is 42.9 Å². The number of hydrogen-bond donors (Lipinski definition) is 1. The van der Waals surface area contributed by atoms with Crippen molar-refractivity contribution < 1.29 is 4.79 Å². The van der Waals surface area contributed by atoms with E-state index in [0.29, 0.717) is 6.04 Å². The van der Waals surface area contributed by atoms with E-state index in [0.717, 1.165) is 42.1 Å². The van der Waals surface area contributed by atoms with E-state index in [4.69, 9.17) is 11.6 Å². The van der Waals surface area contributed by atoms with Crippen LogP contribution >= 0.6 is 24.0 Å². The maximum Gasteiger partial charge on any atom is 0.228 e. The Morgan fingerprint density at radius 2 is 2.00 bits per heavy atom. The van der Waals surface area contributed by atoms with Gasteiger partial charge in [0, 0.05) is 43.3 Å². The number of carbonyl (C=O) groups excluding carboxylic acids is 1. The average molecular weight is 409 g/mol. The fourth-order valence-electron chi connectivity index (χ4n) is 4.05. The van der Waals surface area contributed by atoms with Crippen molar-refractivity contribution in [1.29, 1.82) is 0 Å². The highest BCUT2D eigenvalue weighted by Gasteiger charge is 2.43. The predicted molar refractivity (Wildman–Crippen MR) is 109 cm³/mol. The van der Waals surface area contributed by atoms with Gasteiger partial charge in [-0.3, -0.25) is 9.48 Å². The highest BCUT2D eigenvalue weighted by molar-refractivity contribution is 6.30. The number of rotatable bonds is 5. The smallest absolute Gasteiger partial charge is 0.228 e. The molecule has 1 saturated carbocycles. The van der Waals surface area contributed by atoms with Crippen LogP contribution in [-0.2, 0) is 11.8 Å². The fraction of sp³-hybridized carbons (Fsp3) is 0.500. The minimum Gasteiger partial charge on any atom is -0.333 e. The zero-order valence-corrected chi connectivity index (χ0v) is 17.2. The molecule has 146 valence electrons. The van der Waals surface area contributed by atoms with E-state index in [9.17, 15) is 4.79 Å². The number of amides is 1. The van der Waals surface area contributed by atoms with E-state index in [1.54, 1.807) is 0 Å². The Kier molecular flexibility index (Phi) is 6.14. The summed E-state index contributed by atoms with van der Waals surface area (Å²) in [6, 6.07) is 8.28. The third-order valence-corrected chi connectivity index (χ3v) is 5.90. The summed E-state index contributed by atoms with van der Waals surface area (Å²) >= 11 is 6.03. The van der Waals surface area contributed by atoms with Gasteiger partial charge in [-0.05, 0) is 43.0 Å². The zero-order valence-electron chi connectivity index (χ0n) is 15.6. The average Bonchev–Trinajstić information content (AvgIpc) is 3.17. The third kappa shape index (κ3) is 4.15. The first-order valence-electron chi connectivity index (χ1n) is 9.31. The molecule has 1 aromatic heterocycles. The molecule has 1 unspecified atom stereocenters. The van der Waals surface area contributed by atoms with Crippen LogP contribution < -0.4 is 5.32 Å². The normalized spacial score (nSPS) is 22.9. The van der Waals surface area contributed by atoms with Gasteiger partial charge in [-0.2, -0.15) is 5.10 Å². The van der Waals surface area contributed by atoms with Gasteiger partial charge in [-0.25, -0.2) is 0 Å². The van der Waals surface area contributed by atoms with Crippen molar-refractivity contribution in [3.63, 3.8) is 0 Å². The van der Waals surface area contributed by atoms with Crippen molar-refractivity contribution in [2.75, 3.05) is 13.1 Å². The van der Waals surface area contributed by atoms with Crippen LogP contribution in [-0.4, -0.2) is 39.7 Å². The second kappa shape index (κ2) is 8.21. The Morgan fingerprint density at radius 1 is 1.30 bits per heavy atom. The number of benzene rings is 1. The quantitative estimate of drug-likeness (QED) is 0.822. The van der Waals surface area contributed by atoms with Crippen LogP contribution in [0.4, 0.5) is 0 Å². The SMILES string of the molecule is CC(c1ccc(Cl)cc1)N(C(=O)[C@H]1CNC[C@@H]1c1cnn(C)c1)C1CC1.Cl. The number of nitrogens with zero attached hydrogens (tertiary/aromatic N) is 3. The number of halogens is 2. The Hall–Kier alpha value is -1.56. The standard InChI is InChI=1S/C20H25ClN4O.ClH/c1-13(14-3-5-16(21)6-4-14)25(17-7-8-17)20(26)19-11-22-10-18(19)15-9-23-24(2)12-15;/h3-6,9,12-13,17-19,22H,7-8,10-11H2,1-2H3;1H/t13?,18-,19+;/m1./s1. The van der Waals surface area contributed by atoms with Crippen molar-refractivity contribution >= 4 is 29.9 Å². The van der Waals surface area contributed by atoms with Crippen LogP contribution in [0, 0.1) is 5.92 Å². The summed E-state index contributed by atoms with van der Waals surface area (Å²) in [6.45, 7) is 3.69. The van der Waals surface area contributed by atoms with E-state index in [-0.39, 0.29) is 36.2 Å².